The van der Waals surface area contributed by atoms with Crippen molar-refractivity contribution in [2.45, 2.75) is 46.5 Å². The van der Waals surface area contributed by atoms with Crippen molar-refractivity contribution in [1.82, 2.24) is 20.2 Å². The highest BCUT2D eigenvalue weighted by Crippen LogP contribution is 2.33. The van der Waals surface area contributed by atoms with Crippen LogP contribution in [-0.2, 0) is 19.3 Å². The number of imidazole rings is 1. The minimum absolute atomic E-state index is 0.317. The third-order valence-corrected chi connectivity index (χ3v) is 5.35. The molecule has 0 bridgehead atoms. The Morgan fingerprint density at radius 3 is 2.62 bits per heavy atom. The van der Waals surface area contributed by atoms with Gasteiger partial charge < -0.3 is 10.1 Å². The van der Waals surface area contributed by atoms with Gasteiger partial charge in [-0.25, -0.2) is 9.37 Å². The molecule has 29 heavy (non-hydrogen) atoms. The number of hydrogen-bond donors (Lipinski definition) is 3. The second-order valence-corrected chi connectivity index (χ2v) is 7.26. The van der Waals surface area contributed by atoms with Gasteiger partial charge in [0.15, 0.2) is 17.4 Å². The van der Waals surface area contributed by atoms with Crippen LogP contribution in [0.4, 0.5) is 4.39 Å². The monoisotopic (exact) mass is 392 g/mol. The molecule has 150 valence electrons. The molecule has 0 radical (unpaired) electrons. The van der Waals surface area contributed by atoms with Crippen LogP contribution in [-0.4, -0.2) is 25.3 Å². The average Bonchev–Trinajstić information content (AvgIpc) is 3.33. The van der Waals surface area contributed by atoms with Crippen molar-refractivity contribution in [3.05, 3.63) is 53.1 Å². The molecular formula is C23H25FN4O. The van der Waals surface area contributed by atoms with Crippen LogP contribution in [0.5, 0.6) is 5.75 Å². The van der Waals surface area contributed by atoms with E-state index in [0.29, 0.717) is 6.42 Å². The normalized spacial score (nSPS) is 11.4. The number of nitrogens with one attached hydrogen (secondary N) is 2. The van der Waals surface area contributed by atoms with Crippen molar-refractivity contribution in [2.24, 2.45) is 0 Å². The van der Waals surface area contributed by atoms with E-state index in [-0.39, 0.29) is 5.75 Å². The molecule has 0 saturated carbocycles. The van der Waals surface area contributed by atoms with Gasteiger partial charge in [0.25, 0.3) is 0 Å². The van der Waals surface area contributed by atoms with Gasteiger partial charge in [-0.1, -0.05) is 33.3 Å². The molecular weight excluding hydrogens is 367 g/mol. The molecule has 6 heteroatoms. The van der Waals surface area contributed by atoms with Crippen molar-refractivity contribution in [3.8, 4) is 28.4 Å². The Hall–Kier alpha value is -3.15. The molecule has 0 amide bonds. The standard InChI is InChI=1S/C23H25FN4O/c1-4-7-19-18(6-3)25-23(26-19)22-15-9-8-14(10-20(15)27-28-22)16-12-17(24)21(29)11-13(16)5-2/h8-12,29H,4-7H2,1-3H3,(H,25,26)(H,27,28). The Bertz CT molecular complexity index is 1180. The molecule has 4 rings (SSSR count). The first-order chi connectivity index (χ1) is 14.0. The second-order valence-electron chi connectivity index (χ2n) is 7.26. The van der Waals surface area contributed by atoms with Gasteiger partial charge in [-0.15, -0.1) is 0 Å². The number of aryl methyl sites for hydroxylation is 3. The lowest BCUT2D eigenvalue weighted by Crippen LogP contribution is -1.90. The van der Waals surface area contributed by atoms with Gasteiger partial charge in [0, 0.05) is 11.1 Å². The first-order valence-corrected chi connectivity index (χ1v) is 10.1. The SMILES string of the molecule is CCCc1[nH]c(-c2n[nH]c3cc(-c4cc(F)c(O)cc4CC)ccc23)nc1CC. The molecule has 0 aliphatic rings. The van der Waals surface area contributed by atoms with Crippen LogP contribution in [0.3, 0.4) is 0 Å². The number of aromatic hydroxyl groups is 1. The molecule has 0 aliphatic heterocycles. The molecule has 3 N–H and O–H groups in total. The van der Waals surface area contributed by atoms with Crippen molar-refractivity contribution in [3.63, 3.8) is 0 Å². The molecule has 0 saturated heterocycles. The Labute approximate surface area is 169 Å². The van der Waals surface area contributed by atoms with Gasteiger partial charge in [0.1, 0.15) is 5.69 Å². The fourth-order valence-electron chi connectivity index (χ4n) is 3.84. The van der Waals surface area contributed by atoms with E-state index in [2.05, 4.69) is 29.0 Å². The summed E-state index contributed by atoms with van der Waals surface area (Å²) in [5.74, 6) is -0.161. The summed E-state index contributed by atoms with van der Waals surface area (Å²) in [7, 11) is 0. The molecule has 0 unspecified atom stereocenters. The molecule has 2 aromatic heterocycles. The summed E-state index contributed by atoms with van der Waals surface area (Å²) < 4.78 is 14.0. The fourth-order valence-corrected chi connectivity index (χ4v) is 3.84. The summed E-state index contributed by atoms with van der Waals surface area (Å²) in [6.45, 7) is 6.25. The first kappa shape index (κ1) is 19.2. The Balaban J connectivity index is 1.79. The van der Waals surface area contributed by atoms with Gasteiger partial charge in [-0.05, 0) is 60.2 Å². The van der Waals surface area contributed by atoms with E-state index in [9.17, 15) is 9.50 Å². The lowest BCUT2D eigenvalue weighted by Gasteiger charge is -2.10. The molecule has 2 aromatic carbocycles. The molecule has 4 aromatic rings. The number of aromatic amines is 2. The molecule has 0 aliphatic carbocycles. The minimum atomic E-state index is -0.617. The van der Waals surface area contributed by atoms with E-state index in [4.69, 9.17) is 4.98 Å². The number of aromatic nitrogens is 4. The maximum absolute atomic E-state index is 14.0. The van der Waals surface area contributed by atoms with Crippen LogP contribution in [0, 0.1) is 5.82 Å². The van der Waals surface area contributed by atoms with Crippen LogP contribution >= 0.6 is 0 Å². The first-order valence-electron chi connectivity index (χ1n) is 10.1. The second kappa shape index (κ2) is 7.70. The quantitative estimate of drug-likeness (QED) is 0.403. The van der Waals surface area contributed by atoms with Crippen LogP contribution in [0.15, 0.2) is 30.3 Å². The van der Waals surface area contributed by atoms with E-state index >= 15 is 0 Å². The summed E-state index contributed by atoms with van der Waals surface area (Å²) in [6.07, 6.45) is 3.60. The topological polar surface area (TPSA) is 77.6 Å². The number of H-pyrrole nitrogens is 2. The number of fused-ring (bicyclic) bond motifs is 1. The van der Waals surface area contributed by atoms with Crippen molar-refractivity contribution in [1.29, 1.82) is 0 Å². The highest BCUT2D eigenvalue weighted by molar-refractivity contribution is 5.94. The molecule has 2 heterocycles. The highest BCUT2D eigenvalue weighted by atomic mass is 19.1. The summed E-state index contributed by atoms with van der Waals surface area (Å²) in [5.41, 5.74) is 6.45. The predicted molar refractivity (Wildman–Crippen MR) is 113 cm³/mol. The Morgan fingerprint density at radius 2 is 1.90 bits per heavy atom. The van der Waals surface area contributed by atoms with Crippen LogP contribution < -0.4 is 0 Å². The minimum Gasteiger partial charge on any atom is -0.505 e. The smallest absolute Gasteiger partial charge is 0.165 e. The summed E-state index contributed by atoms with van der Waals surface area (Å²) in [4.78, 5) is 8.19. The summed E-state index contributed by atoms with van der Waals surface area (Å²) >= 11 is 0. The largest absolute Gasteiger partial charge is 0.505 e. The van der Waals surface area contributed by atoms with Crippen LogP contribution in [0.1, 0.15) is 44.1 Å². The van der Waals surface area contributed by atoms with E-state index < -0.39 is 5.82 Å². The zero-order chi connectivity index (χ0) is 20.5. The van der Waals surface area contributed by atoms with Gasteiger partial charge >= 0.3 is 0 Å². The van der Waals surface area contributed by atoms with Crippen molar-refractivity contribution >= 4 is 10.9 Å². The van der Waals surface area contributed by atoms with E-state index in [1.165, 1.54) is 17.8 Å². The van der Waals surface area contributed by atoms with Crippen molar-refractivity contribution < 1.29 is 9.50 Å². The number of phenols is 1. The molecule has 0 fully saturated rings. The lowest BCUT2D eigenvalue weighted by molar-refractivity contribution is 0.432. The van der Waals surface area contributed by atoms with Crippen molar-refractivity contribution in [2.75, 3.05) is 0 Å². The maximum Gasteiger partial charge on any atom is 0.165 e. The van der Waals surface area contributed by atoms with E-state index in [0.717, 1.165) is 64.1 Å². The van der Waals surface area contributed by atoms with Crippen LogP contribution in [0.2, 0.25) is 0 Å². The predicted octanol–water partition coefficient (Wildman–Crippen LogP) is 5.54. The molecule has 0 spiro atoms. The number of halogens is 1. The number of nitrogens with zero attached hydrogens (tertiary/aromatic N) is 2. The number of rotatable bonds is 6. The van der Waals surface area contributed by atoms with Gasteiger partial charge in [0.2, 0.25) is 0 Å². The van der Waals surface area contributed by atoms with Gasteiger partial charge in [0.05, 0.1) is 11.2 Å². The summed E-state index contributed by atoms with van der Waals surface area (Å²) in [5, 5.41) is 18.2. The Kier molecular flexibility index (Phi) is 5.09. The average molecular weight is 392 g/mol. The third-order valence-electron chi connectivity index (χ3n) is 5.35. The highest BCUT2D eigenvalue weighted by Gasteiger charge is 2.16. The van der Waals surface area contributed by atoms with E-state index in [1.54, 1.807) is 0 Å². The fraction of sp³-hybridized carbons (Fsp3) is 0.304. The number of phenolic OH excluding ortho intramolecular Hbond substituents is 1. The van der Waals surface area contributed by atoms with Gasteiger partial charge in [-0.2, -0.15) is 5.10 Å². The van der Waals surface area contributed by atoms with E-state index in [1.807, 2.05) is 25.1 Å². The number of hydrogen-bond acceptors (Lipinski definition) is 3. The third kappa shape index (κ3) is 3.39. The zero-order valence-electron chi connectivity index (χ0n) is 16.9. The van der Waals surface area contributed by atoms with Gasteiger partial charge in [-0.3, -0.25) is 5.10 Å². The maximum atomic E-state index is 14.0. The molecule has 0 atom stereocenters. The lowest BCUT2D eigenvalue weighted by atomic mass is 9.96. The molecule has 5 nitrogen and oxygen atoms in total. The zero-order valence-corrected chi connectivity index (χ0v) is 16.9. The van der Waals surface area contributed by atoms with Crippen LogP contribution in [0.25, 0.3) is 33.5 Å². The number of benzene rings is 2. The Morgan fingerprint density at radius 1 is 1.07 bits per heavy atom. The summed E-state index contributed by atoms with van der Waals surface area (Å²) in [6, 6.07) is 8.80.